The van der Waals surface area contributed by atoms with Crippen LogP contribution in [0.3, 0.4) is 0 Å². The molecule has 80 valence electrons. The van der Waals surface area contributed by atoms with Crippen molar-refractivity contribution in [3.05, 3.63) is 33.8 Å². The summed E-state index contributed by atoms with van der Waals surface area (Å²) in [5.41, 5.74) is 0.532. The first-order valence-corrected chi connectivity index (χ1v) is 4.74. The van der Waals surface area contributed by atoms with Crippen LogP contribution >= 0.6 is 23.2 Å². The summed E-state index contributed by atoms with van der Waals surface area (Å²) in [5, 5.41) is 9.21. The highest BCUT2D eigenvalue weighted by Crippen LogP contribution is 2.31. The minimum Gasteiger partial charge on any atom is -0.495 e. The molecule has 1 aromatic carbocycles. The molecule has 0 saturated heterocycles. The van der Waals surface area contributed by atoms with Gasteiger partial charge in [-0.25, -0.2) is 4.79 Å². The average molecular weight is 247 g/mol. The molecular weight excluding hydrogens is 239 g/mol. The van der Waals surface area contributed by atoms with Gasteiger partial charge in [0.15, 0.2) is 0 Å². The molecule has 1 rings (SSSR count). The number of methoxy groups -OCH3 is 1. The van der Waals surface area contributed by atoms with Gasteiger partial charge in [0.25, 0.3) is 0 Å². The number of rotatable bonds is 3. The van der Waals surface area contributed by atoms with Crippen molar-refractivity contribution in [3.8, 4) is 5.75 Å². The summed E-state index contributed by atoms with van der Waals surface area (Å²) in [5.74, 6) is -0.591. The lowest BCUT2D eigenvalue weighted by molar-refractivity contribution is -0.131. The second-order valence-corrected chi connectivity index (χ2v) is 3.49. The lowest BCUT2D eigenvalue weighted by Gasteiger charge is -2.05. The number of hydrogen-bond donors (Lipinski definition) is 1. The molecule has 0 amide bonds. The number of halogens is 2. The number of carboxylic acids is 1. The zero-order valence-electron chi connectivity index (χ0n) is 7.83. The molecule has 0 unspecified atom stereocenters. The molecule has 0 heterocycles. The van der Waals surface area contributed by atoms with Crippen LogP contribution < -0.4 is 4.74 Å². The molecule has 15 heavy (non-hydrogen) atoms. The normalized spacial score (nSPS) is 10.6. The van der Waals surface area contributed by atoms with Gasteiger partial charge in [-0.15, -0.1) is 0 Å². The third-order valence-corrected chi connectivity index (χ3v) is 2.30. The number of aliphatic carboxylic acids is 1. The van der Waals surface area contributed by atoms with Gasteiger partial charge in [0, 0.05) is 12.1 Å². The van der Waals surface area contributed by atoms with Crippen LogP contribution in [0.15, 0.2) is 18.2 Å². The summed E-state index contributed by atoms with van der Waals surface area (Å²) in [6, 6.07) is 3.08. The summed E-state index contributed by atoms with van der Waals surface area (Å²) in [6.07, 6.45) is 2.36. The number of carboxylic acid groups (broad SMARTS) is 1. The van der Waals surface area contributed by atoms with Crippen LogP contribution in [0.2, 0.25) is 10.0 Å². The largest absolute Gasteiger partial charge is 0.495 e. The van der Waals surface area contributed by atoms with Crippen LogP contribution in [0.4, 0.5) is 0 Å². The fourth-order valence-corrected chi connectivity index (χ4v) is 1.46. The van der Waals surface area contributed by atoms with E-state index in [2.05, 4.69) is 0 Å². The highest BCUT2D eigenvalue weighted by atomic mass is 35.5. The lowest BCUT2D eigenvalue weighted by Crippen LogP contribution is -1.88. The molecule has 5 heteroatoms. The van der Waals surface area contributed by atoms with Crippen LogP contribution in [-0.4, -0.2) is 18.2 Å². The van der Waals surface area contributed by atoms with E-state index in [1.807, 2.05) is 0 Å². The van der Waals surface area contributed by atoms with Crippen molar-refractivity contribution < 1.29 is 14.6 Å². The Bertz CT molecular complexity index is 413. The number of carbonyl (C=O) groups is 1. The van der Waals surface area contributed by atoms with E-state index in [0.717, 1.165) is 6.08 Å². The Labute approximate surface area is 96.9 Å². The van der Waals surface area contributed by atoms with Crippen molar-refractivity contribution >= 4 is 35.2 Å². The van der Waals surface area contributed by atoms with Crippen molar-refractivity contribution in [2.75, 3.05) is 7.11 Å². The van der Waals surface area contributed by atoms with Crippen LogP contribution in [0.1, 0.15) is 5.56 Å². The first kappa shape index (κ1) is 11.9. The summed E-state index contributed by atoms with van der Waals surface area (Å²) in [7, 11) is 1.48. The zero-order valence-corrected chi connectivity index (χ0v) is 9.34. The summed E-state index contributed by atoms with van der Waals surface area (Å²) in [6.45, 7) is 0. The minimum absolute atomic E-state index is 0.381. The Kier molecular flexibility index (Phi) is 4.00. The van der Waals surface area contributed by atoms with E-state index in [1.165, 1.54) is 19.3 Å². The number of benzene rings is 1. The maximum Gasteiger partial charge on any atom is 0.328 e. The quantitative estimate of drug-likeness (QED) is 0.834. The van der Waals surface area contributed by atoms with Crippen LogP contribution in [-0.2, 0) is 4.79 Å². The Hall–Kier alpha value is -1.19. The molecular formula is C10H8Cl2O3. The molecule has 0 aliphatic carbocycles. The Morgan fingerprint density at radius 2 is 2.07 bits per heavy atom. The Morgan fingerprint density at radius 1 is 1.40 bits per heavy atom. The molecule has 0 aliphatic rings. The van der Waals surface area contributed by atoms with E-state index >= 15 is 0 Å². The first-order chi connectivity index (χ1) is 7.04. The minimum atomic E-state index is -1.04. The fraction of sp³-hybridized carbons (Fsp3) is 0.100. The van der Waals surface area contributed by atoms with Gasteiger partial charge in [-0.1, -0.05) is 23.2 Å². The summed E-state index contributed by atoms with van der Waals surface area (Å²) in [4.78, 5) is 10.3. The van der Waals surface area contributed by atoms with Crippen molar-refractivity contribution in [3.63, 3.8) is 0 Å². The van der Waals surface area contributed by atoms with Gasteiger partial charge in [-0.05, 0) is 17.7 Å². The first-order valence-electron chi connectivity index (χ1n) is 3.98. The van der Waals surface area contributed by atoms with E-state index < -0.39 is 5.97 Å². The molecule has 0 aliphatic heterocycles. The molecule has 0 aromatic heterocycles. The third-order valence-electron chi connectivity index (χ3n) is 1.68. The average Bonchev–Trinajstić information content (AvgIpc) is 2.18. The molecule has 1 N–H and O–H groups in total. The molecule has 0 fully saturated rings. The standard InChI is InChI=1S/C10H8Cl2O3/c1-15-9-5-7(11)6(4-8(9)12)2-3-10(13)14/h2-5H,1H3,(H,13,14)/b3-2+. The summed E-state index contributed by atoms with van der Waals surface area (Å²) < 4.78 is 4.95. The second kappa shape index (κ2) is 5.05. The predicted molar refractivity (Wildman–Crippen MR) is 59.7 cm³/mol. The Morgan fingerprint density at radius 3 is 2.60 bits per heavy atom. The predicted octanol–water partition coefficient (Wildman–Crippen LogP) is 3.10. The van der Waals surface area contributed by atoms with Crippen LogP contribution in [0.25, 0.3) is 6.08 Å². The van der Waals surface area contributed by atoms with Crippen LogP contribution in [0.5, 0.6) is 5.75 Å². The van der Waals surface area contributed by atoms with Crippen LogP contribution in [0, 0.1) is 0 Å². The van der Waals surface area contributed by atoms with E-state index in [9.17, 15) is 4.79 Å². The molecule has 1 aromatic rings. The van der Waals surface area contributed by atoms with E-state index in [4.69, 9.17) is 33.0 Å². The molecule has 0 spiro atoms. The molecule has 3 nitrogen and oxygen atoms in total. The zero-order chi connectivity index (χ0) is 11.4. The van der Waals surface area contributed by atoms with Gasteiger partial charge in [0.05, 0.1) is 17.2 Å². The topological polar surface area (TPSA) is 46.5 Å². The van der Waals surface area contributed by atoms with Crippen molar-refractivity contribution in [1.82, 2.24) is 0 Å². The fourth-order valence-electron chi connectivity index (χ4n) is 0.989. The number of ether oxygens (including phenoxy) is 1. The smallest absolute Gasteiger partial charge is 0.328 e. The third kappa shape index (κ3) is 3.15. The SMILES string of the molecule is COc1cc(Cl)c(/C=C/C(=O)O)cc1Cl. The van der Waals surface area contributed by atoms with E-state index in [-0.39, 0.29) is 0 Å². The molecule has 0 atom stereocenters. The monoisotopic (exact) mass is 246 g/mol. The van der Waals surface area contributed by atoms with Gasteiger partial charge in [-0.3, -0.25) is 0 Å². The lowest BCUT2D eigenvalue weighted by atomic mass is 10.2. The maximum atomic E-state index is 10.3. The van der Waals surface area contributed by atoms with Gasteiger partial charge < -0.3 is 9.84 Å². The van der Waals surface area contributed by atoms with Gasteiger partial charge in [0.2, 0.25) is 0 Å². The molecule has 0 bridgehead atoms. The molecule has 0 saturated carbocycles. The summed E-state index contributed by atoms with van der Waals surface area (Å²) >= 11 is 11.7. The molecule has 0 radical (unpaired) electrons. The Balaban J connectivity index is 3.10. The van der Waals surface area contributed by atoms with E-state index in [1.54, 1.807) is 6.07 Å². The van der Waals surface area contributed by atoms with E-state index in [0.29, 0.717) is 21.4 Å². The van der Waals surface area contributed by atoms with Crippen molar-refractivity contribution in [2.24, 2.45) is 0 Å². The van der Waals surface area contributed by atoms with Crippen molar-refractivity contribution in [2.45, 2.75) is 0 Å². The highest BCUT2D eigenvalue weighted by Gasteiger charge is 2.05. The van der Waals surface area contributed by atoms with Crippen molar-refractivity contribution in [1.29, 1.82) is 0 Å². The highest BCUT2D eigenvalue weighted by molar-refractivity contribution is 6.35. The maximum absolute atomic E-state index is 10.3. The van der Waals surface area contributed by atoms with Gasteiger partial charge in [0.1, 0.15) is 5.75 Å². The van der Waals surface area contributed by atoms with Gasteiger partial charge in [-0.2, -0.15) is 0 Å². The number of hydrogen-bond acceptors (Lipinski definition) is 2. The van der Waals surface area contributed by atoms with Gasteiger partial charge >= 0.3 is 5.97 Å². The second-order valence-electron chi connectivity index (χ2n) is 2.68.